The lowest BCUT2D eigenvalue weighted by molar-refractivity contribution is 0.0949. The number of ether oxygens (including phenoxy) is 1. The minimum absolute atomic E-state index is 0.232. The van der Waals surface area contributed by atoms with Gasteiger partial charge in [0.2, 0.25) is 0 Å². The number of hydrogen-bond acceptors (Lipinski definition) is 5. The summed E-state index contributed by atoms with van der Waals surface area (Å²) in [7, 11) is 1.63. The minimum atomic E-state index is -0.232. The summed E-state index contributed by atoms with van der Waals surface area (Å²) in [6.45, 7) is 1.68. The maximum atomic E-state index is 12.1. The van der Waals surface area contributed by atoms with E-state index in [4.69, 9.17) is 16.3 Å². The second-order valence-electron chi connectivity index (χ2n) is 4.84. The van der Waals surface area contributed by atoms with Crippen LogP contribution in [-0.4, -0.2) is 42.7 Å². The summed E-state index contributed by atoms with van der Waals surface area (Å²) in [5.41, 5.74) is 1.40. The van der Waals surface area contributed by atoms with E-state index >= 15 is 0 Å². The van der Waals surface area contributed by atoms with Crippen molar-refractivity contribution in [1.29, 1.82) is 0 Å². The quantitative estimate of drug-likeness (QED) is 0.723. The van der Waals surface area contributed by atoms with Crippen LogP contribution in [0.3, 0.4) is 0 Å². The van der Waals surface area contributed by atoms with Crippen molar-refractivity contribution in [3.63, 3.8) is 0 Å². The number of hydrogen-bond donors (Lipinski definition) is 2. The van der Waals surface area contributed by atoms with E-state index < -0.39 is 0 Å². The van der Waals surface area contributed by atoms with Crippen molar-refractivity contribution < 1.29 is 9.53 Å². The van der Waals surface area contributed by atoms with Gasteiger partial charge in [-0.3, -0.25) is 4.79 Å². The van der Waals surface area contributed by atoms with Crippen molar-refractivity contribution in [2.75, 3.05) is 32.1 Å². The van der Waals surface area contributed by atoms with Crippen LogP contribution in [0.1, 0.15) is 16.1 Å². The Labute approximate surface area is 140 Å². The van der Waals surface area contributed by atoms with Gasteiger partial charge >= 0.3 is 0 Å². The Kier molecular flexibility index (Phi) is 6.77. The van der Waals surface area contributed by atoms with Crippen LogP contribution in [0.4, 0.5) is 5.82 Å². The third kappa shape index (κ3) is 5.84. The van der Waals surface area contributed by atoms with Gasteiger partial charge in [0.05, 0.1) is 6.61 Å². The van der Waals surface area contributed by atoms with Gasteiger partial charge in [-0.05, 0) is 24.1 Å². The maximum Gasteiger partial charge on any atom is 0.270 e. The smallest absolute Gasteiger partial charge is 0.270 e. The van der Waals surface area contributed by atoms with Crippen molar-refractivity contribution >= 4 is 23.3 Å². The monoisotopic (exact) mass is 334 g/mol. The molecule has 0 saturated heterocycles. The molecular formula is C16H19ClN4O2. The number of aromatic nitrogens is 2. The molecule has 0 bridgehead atoms. The van der Waals surface area contributed by atoms with E-state index in [1.807, 2.05) is 24.3 Å². The number of nitrogens with zero attached hydrogens (tertiary/aromatic N) is 2. The summed E-state index contributed by atoms with van der Waals surface area (Å²) in [6.07, 6.45) is 2.07. The molecule has 0 aliphatic carbocycles. The molecule has 0 aliphatic heterocycles. The number of carbonyl (C=O) groups excluding carboxylic acids is 1. The Morgan fingerprint density at radius 3 is 2.91 bits per heavy atom. The first-order valence-corrected chi connectivity index (χ1v) is 7.64. The number of anilines is 1. The normalized spacial score (nSPS) is 10.3. The first kappa shape index (κ1) is 17.2. The highest BCUT2D eigenvalue weighted by Gasteiger charge is 2.08. The summed E-state index contributed by atoms with van der Waals surface area (Å²) >= 11 is 5.93. The van der Waals surface area contributed by atoms with E-state index in [-0.39, 0.29) is 5.91 Å². The summed E-state index contributed by atoms with van der Waals surface area (Å²) in [5.74, 6) is 0.362. The van der Waals surface area contributed by atoms with Gasteiger partial charge in [-0.1, -0.05) is 23.7 Å². The molecule has 2 N–H and O–H groups in total. The predicted octanol–water partition coefficient (Wildman–Crippen LogP) is 2.16. The predicted molar refractivity (Wildman–Crippen MR) is 89.9 cm³/mol. The first-order valence-electron chi connectivity index (χ1n) is 7.26. The van der Waals surface area contributed by atoms with Gasteiger partial charge < -0.3 is 15.4 Å². The molecule has 0 unspecified atom stereocenters. The molecule has 2 rings (SSSR count). The van der Waals surface area contributed by atoms with Crippen LogP contribution < -0.4 is 10.6 Å². The number of benzene rings is 1. The molecular weight excluding hydrogens is 316 g/mol. The fourth-order valence-electron chi connectivity index (χ4n) is 1.96. The number of carbonyl (C=O) groups is 1. The van der Waals surface area contributed by atoms with E-state index in [1.165, 1.54) is 6.33 Å². The second-order valence-corrected chi connectivity index (χ2v) is 5.28. The zero-order valence-corrected chi connectivity index (χ0v) is 13.6. The molecule has 23 heavy (non-hydrogen) atoms. The molecule has 1 aromatic heterocycles. The van der Waals surface area contributed by atoms with Gasteiger partial charge in [-0.2, -0.15) is 0 Å². The van der Waals surface area contributed by atoms with Crippen molar-refractivity contribution in [2.45, 2.75) is 6.42 Å². The Morgan fingerprint density at radius 2 is 2.13 bits per heavy atom. The lowest BCUT2D eigenvalue weighted by atomic mass is 10.1. The lowest BCUT2D eigenvalue weighted by Crippen LogP contribution is -2.26. The topological polar surface area (TPSA) is 76.1 Å². The van der Waals surface area contributed by atoms with Crippen LogP contribution >= 0.6 is 11.6 Å². The largest absolute Gasteiger partial charge is 0.383 e. The molecule has 1 heterocycles. The summed E-state index contributed by atoms with van der Waals surface area (Å²) in [6, 6.07) is 9.19. The third-order valence-corrected chi connectivity index (χ3v) is 3.34. The van der Waals surface area contributed by atoms with Gasteiger partial charge in [-0.15, -0.1) is 0 Å². The molecule has 122 valence electrons. The fraction of sp³-hybridized carbons (Fsp3) is 0.312. The Morgan fingerprint density at radius 1 is 1.26 bits per heavy atom. The van der Waals surface area contributed by atoms with Crippen LogP contribution in [0.2, 0.25) is 5.02 Å². The highest BCUT2D eigenvalue weighted by Crippen LogP contribution is 2.10. The molecule has 1 amide bonds. The summed E-state index contributed by atoms with van der Waals surface area (Å²) in [4.78, 5) is 20.2. The van der Waals surface area contributed by atoms with Gasteiger partial charge in [0.1, 0.15) is 17.8 Å². The van der Waals surface area contributed by atoms with Crippen LogP contribution in [0.5, 0.6) is 0 Å². The summed E-state index contributed by atoms with van der Waals surface area (Å²) < 4.78 is 4.95. The first-order chi connectivity index (χ1) is 11.2. The average molecular weight is 335 g/mol. The SMILES string of the molecule is COCCNc1cc(C(=O)NCCc2cccc(Cl)c2)ncn1. The Balaban J connectivity index is 1.84. The average Bonchev–Trinajstić information content (AvgIpc) is 2.55. The van der Waals surface area contributed by atoms with Crippen molar-refractivity contribution in [2.24, 2.45) is 0 Å². The number of methoxy groups -OCH3 is 1. The molecule has 1 aromatic carbocycles. The van der Waals surface area contributed by atoms with E-state index in [1.54, 1.807) is 13.2 Å². The lowest BCUT2D eigenvalue weighted by Gasteiger charge is -2.07. The van der Waals surface area contributed by atoms with Gasteiger partial charge in [0, 0.05) is 31.3 Å². The molecule has 0 atom stereocenters. The molecule has 0 radical (unpaired) electrons. The van der Waals surface area contributed by atoms with E-state index in [2.05, 4.69) is 20.6 Å². The van der Waals surface area contributed by atoms with Crippen molar-refractivity contribution in [1.82, 2.24) is 15.3 Å². The highest BCUT2D eigenvalue weighted by molar-refractivity contribution is 6.30. The molecule has 6 nitrogen and oxygen atoms in total. The maximum absolute atomic E-state index is 12.1. The van der Waals surface area contributed by atoms with Crippen molar-refractivity contribution in [3.05, 3.63) is 52.9 Å². The van der Waals surface area contributed by atoms with Crippen LogP contribution in [0.15, 0.2) is 36.7 Å². The Hall–Kier alpha value is -2.18. The van der Waals surface area contributed by atoms with Crippen molar-refractivity contribution in [3.8, 4) is 0 Å². The number of nitrogens with one attached hydrogen (secondary N) is 2. The van der Waals surface area contributed by atoms with E-state index in [0.29, 0.717) is 42.7 Å². The molecule has 0 aliphatic rings. The zero-order valence-electron chi connectivity index (χ0n) is 12.9. The zero-order chi connectivity index (χ0) is 16.5. The number of rotatable bonds is 8. The fourth-order valence-corrected chi connectivity index (χ4v) is 2.18. The van der Waals surface area contributed by atoms with Gasteiger partial charge in [0.15, 0.2) is 0 Å². The number of amides is 1. The van der Waals surface area contributed by atoms with Gasteiger partial charge in [-0.25, -0.2) is 9.97 Å². The minimum Gasteiger partial charge on any atom is -0.383 e. The van der Waals surface area contributed by atoms with E-state index in [9.17, 15) is 4.79 Å². The van der Waals surface area contributed by atoms with E-state index in [0.717, 1.165) is 5.56 Å². The third-order valence-electron chi connectivity index (χ3n) is 3.10. The van der Waals surface area contributed by atoms with Gasteiger partial charge in [0.25, 0.3) is 5.91 Å². The molecule has 0 spiro atoms. The van der Waals surface area contributed by atoms with Crippen LogP contribution in [0, 0.1) is 0 Å². The standard InChI is InChI=1S/C16H19ClN4O2/c1-23-8-7-18-15-10-14(20-11-21-15)16(22)19-6-5-12-3-2-4-13(17)9-12/h2-4,9-11H,5-8H2,1H3,(H,19,22)(H,18,20,21). The Bertz CT molecular complexity index is 651. The molecule has 0 fully saturated rings. The molecule has 2 aromatic rings. The summed E-state index contributed by atoms with van der Waals surface area (Å²) in [5, 5.41) is 6.59. The molecule has 0 saturated carbocycles. The van der Waals surface area contributed by atoms with Crippen LogP contribution in [-0.2, 0) is 11.2 Å². The molecule has 7 heteroatoms. The van der Waals surface area contributed by atoms with Crippen LogP contribution in [0.25, 0.3) is 0 Å². The highest BCUT2D eigenvalue weighted by atomic mass is 35.5. The number of halogens is 1. The second kappa shape index (κ2) is 9.07.